The number of aromatic nitrogens is 3. The van der Waals surface area contributed by atoms with Crippen LogP contribution in [0.4, 0.5) is 17.5 Å². The molecule has 1 amide bonds. The summed E-state index contributed by atoms with van der Waals surface area (Å²) in [5.74, 6) is 1.13. The zero-order chi connectivity index (χ0) is 22.7. The van der Waals surface area contributed by atoms with Gasteiger partial charge in [-0.2, -0.15) is 4.98 Å². The summed E-state index contributed by atoms with van der Waals surface area (Å²) in [6.45, 7) is 1.90. The number of amides is 1. The van der Waals surface area contributed by atoms with Crippen LogP contribution in [0.15, 0.2) is 35.3 Å². The van der Waals surface area contributed by atoms with E-state index in [-0.39, 0.29) is 17.9 Å². The third-order valence-corrected chi connectivity index (χ3v) is 6.11. The molecule has 0 atom stereocenters. The fourth-order valence-corrected chi connectivity index (χ4v) is 4.15. The summed E-state index contributed by atoms with van der Waals surface area (Å²) in [6.07, 6.45) is 5.80. The van der Waals surface area contributed by atoms with Gasteiger partial charge in [-0.3, -0.25) is 9.59 Å². The first-order valence-electron chi connectivity index (χ1n) is 10.8. The lowest BCUT2D eigenvalue weighted by Gasteiger charge is -2.26. The Morgan fingerprint density at radius 2 is 1.97 bits per heavy atom. The Labute approximate surface area is 191 Å². The lowest BCUT2D eigenvalue weighted by atomic mass is 10.1. The summed E-state index contributed by atoms with van der Waals surface area (Å²) >= 11 is 6.37. The number of nitrogens with one attached hydrogen (secondary N) is 2. The summed E-state index contributed by atoms with van der Waals surface area (Å²) in [5.41, 5.74) is 2.13. The van der Waals surface area contributed by atoms with E-state index >= 15 is 0 Å². The van der Waals surface area contributed by atoms with Crippen molar-refractivity contribution in [3.05, 3.63) is 51.4 Å². The highest BCUT2D eigenvalue weighted by molar-refractivity contribution is 6.32. The lowest BCUT2D eigenvalue weighted by molar-refractivity contribution is -0.120. The smallest absolute Gasteiger partial charge is 0.253 e. The molecule has 2 aromatic heterocycles. The number of hydrogen-bond acceptors (Lipinski definition) is 6. The van der Waals surface area contributed by atoms with Crippen LogP contribution in [0.25, 0.3) is 10.9 Å². The van der Waals surface area contributed by atoms with Crippen LogP contribution >= 0.6 is 11.6 Å². The number of benzene rings is 1. The van der Waals surface area contributed by atoms with Gasteiger partial charge < -0.3 is 20.1 Å². The second-order valence-electron chi connectivity index (χ2n) is 8.02. The molecule has 2 N–H and O–H groups in total. The highest BCUT2D eigenvalue weighted by Gasteiger charge is 2.16. The molecule has 1 saturated heterocycles. The van der Waals surface area contributed by atoms with Gasteiger partial charge in [-0.25, -0.2) is 4.98 Å². The van der Waals surface area contributed by atoms with Crippen LogP contribution in [0.1, 0.15) is 31.2 Å². The predicted molar refractivity (Wildman–Crippen MR) is 128 cm³/mol. The number of carbonyl (C=O) groups is 1. The van der Waals surface area contributed by atoms with Crippen LogP contribution in [0.2, 0.25) is 5.02 Å². The quantitative estimate of drug-likeness (QED) is 0.593. The topological polar surface area (TPSA) is 92.2 Å². The van der Waals surface area contributed by atoms with Gasteiger partial charge in [0.25, 0.3) is 5.56 Å². The highest BCUT2D eigenvalue weighted by atomic mass is 35.5. The van der Waals surface area contributed by atoms with Crippen LogP contribution in [-0.4, -0.2) is 40.6 Å². The minimum atomic E-state index is -0.0921. The molecule has 4 rings (SSSR count). The van der Waals surface area contributed by atoms with Gasteiger partial charge in [0, 0.05) is 50.2 Å². The first-order valence-corrected chi connectivity index (χ1v) is 11.2. The largest absolute Gasteiger partial charge is 0.359 e. The van der Waals surface area contributed by atoms with E-state index in [4.69, 9.17) is 11.6 Å². The maximum Gasteiger partial charge on any atom is 0.253 e. The Balaban J connectivity index is 1.63. The van der Waals surface area contributed by atoms with Crippen molar-refractivity contribution < 1.29 is 4.79 Å². The second kappa shape index (κ2) is 9.56. The average Bonchev–Trinajstić information content (AvgIpc) is 2.82. The van der Waals surface area contributed by atoms with Crippen molar-refractivity contribution in [1.29, 1.82) is 0 Å². The van der Waals surface area contributed by atoms with Crippen molar-refractivity contribution in [2.45, 2.75) is 32.1 Å². The second-order valence-corrected chi connectivity index (χ2v) is 8.43. The van der Waals surface area contributed by atoms with Gasteiger partial charge in [0.15, 0.2) is 5.82 Å². The zero-order valence-electron chi connectivity index (χ0n) is 18.3. The van der Waals surface area contributed by atoms with E-state index < -0.39 is 0 Å². The zero-order valence-corrected chi connectivity index (χ0v) is 19.1. The number of carbonyl (C=O) groups excluding carboxylic acids is 1. The molecular weight excluding hydrogens is 428 g/mol. The molecule has 0 unspecified atom stereocenters. The molecule has 9 heteroatoms. The number of rotatable bonds is 6. The van der Waals surface area contributed by atoms with Crippen molar-refractivity contribution >= 4 is 45.9 Å². The summed E-state index contributed by atoms with van der Waals surface area (Å²) in [4.78, 5) is 35.5. The molecule has 3 heterocycles. The number of aryl methyl sites for hydroxylation is 2. The van der Waals surface area contributed by atoms with Crippen LogP contribution in [0.3, 0.4) is 0 Å². The van der Waals surface area contributed by atoms with Crippen molar-refractivity contribution in [2.24, 2.45) is 7.05 Å². The van der Waals surface area contributed by atoms with Gasteiger partial charge in [0.1, 0.15) is 5.02 Å². The molecule has 1 aliphatic rings. The molecule has 0 spiro atoms. The Kier molecular flexibility index (Phi) is 6.60. The van der Waals surface area contributed by atoms with Crippen LogP contribution in [-0.2, 0) is 18.3 Å². The van der Waals surface area contributed by atoms with E-state index in [1.54, 1.807) is 24.9 Å². The number of nitrogens with zero attached hydrogens (tertiary/aromatic N) is 4. The average molecular weight is 455 g/mol. The van der Waals surface area contributed by atoms with Crippen LogP contribution in [0.5, 0.6) is 0 Å². The minimum Gasteiger partial charge on any atom is -0.359 e. The number of halogens is 1. The van der Waals surface area contributed by atoms with Crippen LogP contribution < -0.4 is 21.1 Å². The number of anilines is 3. The summed E-state index contributed by atoms with van der Waals surface area (Å²) in [5, 5.41) is 7.22. The molecule has 1 aliphatic heterocycles. The summed E-state index contributed by atoms with van der Waals surface area (Å²) in [7, 11) is 3.33. The van der Waals surface area contributed by atoms with Crippen molar-refractivity contribution in [3.63, 3.8) is 0 Å². The highest BCUT2D eigenvalue weighted by Crippen LogP contribution is 2.27. The molecule has 0 saturated carbocycles. The molecule has 168 valence electrons. The van der Waals surface area contributed by atoms with Crippen molar-refractivity contribution in [1.82, 2.24) is 19.9 Å². The van der Waals surface area contributed by atoms with Crippen molar-refractivity contribution in [3.8, 4) is 0 Å². The summed E-state index contributed by atoms with van der Waals surface area (Å²) in [6, 6.07) is 7.59. The monoisotopic (exact) mass is 454 g/mol. The van der Waals surface area contributed by atoms with Gasteiger partial charge in [-0.05, 0) is 49.9 Å². The molecule has 0 aliphatic carbocycles. The van der Waals surface area contributed by atoms with Gasteiger partial charge >= 0.3 is 0 Å². The van der Waals surface area contributed by atoms with Gasteiger partial charge in [-0.15, -0.1) is 0 Å². The molecule has 1 aromatic carbocycles. The van der Waals surface area contributed by atoms with Gasteiger partial charge in [0.05, 0.1) is 11.7 Å². The van der Waals surface area contributed by atoms with E-state index in [0.29, 0.717) is 28.8 Å². The van der Waals surface area contributed by atoms with E-state index in [2.05, 4.69) is 25.5 Å². The Morgan fingerprint density at radius 1 is 1.19 bits per heavy atom. The predicted octanol–water partition coefficient (Wildman–Crippen LogP) is 3.39. The van der Waals surface area contributed by atoms with E-state index in [0.717, 1.165) is 42.5 Å². The molecule has 0 radical (unpaired) electrons. The van der Waals surface area contributed by atoms with E-state index in [1.807, 2.05) is 24.3 Å². The third kappa shape index (κ3) is 4.70. The first kappa shape index (κ1) is 22.1. The third-order valence-electron chi connectivity index (χ3n) is 5.83. The Bertz CT molecular complexity index is 1200. The van der Waals surface area contributed by atoms with Gasteiger partial charge in [-0.1, -0.05) is 11.6 Å². The normalized spacial score (nSPS) is 13.9. The number of hydrogen-bond donors (Lipinski definition) is 2. The number of pyridine rings is 1. The lowest BCUT2D eigenvalue weighted by Crippen LogP contribution is -2.31. The van der Waals surface area contributed by atoms with E-state index in [9.17, 15) is 9.59 Å². The van der Waals surface area contributed by atoms with Crippen molar-refractivity contribution in [2.75, 3.05) is 30.4 Å². The number of piperidine rings is 1. The molecule has 0 bridgehead atoms. The fraction of sp³-hybridized carbons (Fsp3) is 0.391. The molecule has 8 nitrogen and oxygen atoms in total. The first-order chi connectivity index (χ1) is 15.5. The minimum absolute atomic E-state index is 0.0906. The maximum absolute atomic E-state index is 12.7. The Hall–Kier alpha value is -3.13. The molecule has 3 aromatic rings. The molecule has 1 fully saturated rings. The van der Waals surface area contributed by atoms with Crippen LogP contribution in [0, 0.1) is 0 Å². The van der Waals surface area contributed by atoms with E-state index in [1.165, 1.54) is 6.42 Å². The SMILES string of the molecule is CNC(=O)CCc1cc2cc(Nc3nc(N4CCCCC4)ncc3Cl)ccc2n(C)c1=O. The summed E-state index contributed by atoms with van der Waals surface area (Å²) < 4.78 is 1.62. The number of fused-ring (bicyclic) bond motifs is 1. The standard InChI is InChI=1S/C23H27ClN6O2/c1-25-20(31)9-6-15-12-16-13-17(7-8-19(16)29(2)22(15)32)27-21-18(24)14-26-23(28-21)30-10-4-3-5-11-30/h7-8,12-14H,3-6,9-11H2,1-2H3,(H,25,31)(H,26,27,28). The molecule has 32 heavy (non-hydrogen) atoms. The van der Waals surface area contributed by atoms with Gasteiger partial charge in [0.2, 0.25) is 11.9 Å². The maximum atomic E-state index is 12.7. The molecular formula is C23H27ClN6O2. The Morgan fingerprint density at radius 3 is 2.72 bits per heavy atom. The fourth-order valence-electron chi connectivity index (χ4n) is 4.01.